The highest BCUT2D eigenvalue weighted by atomic mass is 35.5. The summed E-state index contributed by atoms with van der Waals surface area (Å²) in [6.07, 6.45) is -1.97. The molecule has 0 radical (unpaired) electrons. The molecule has 1 rings (SSSR count). The van der Waals surface area contributed by atoms with Crippen molar-refractivity contribution >= 4 is 23.7 Å². The van der Waals surface area contributed by atoms with E-state index in [1.54, 1.807) is 38.1 Å². The first-order valence-corrected chi connectivity index (χ1v) is 7.29. The van der Waals surface area contributed by atoms with Crippen LogP contribution < -0.4 is 0 Å². The van der Waals surface area contributed by atoms with E-state index in [4.69, 9.17) is 21.1 Å². The number of ether oxygens (including phenoxy) is 2. The van der Waals surface area contributed by atoms with Gasteiger partial charge < -0.3 is 14.6 Å². The maximum absolute atomic E-state index is 12.1. The number of amides is 1. The summed E-state index contributed by atoms with van der Waals surface area (Å²) in [6.45, 7) is 3.60. The summed E-state index contributed by atoms with van der Waals surface area (Å²) in [5.74, 6) is -0.708. The molecule has 0 aromatic heterocycles. The molecular weight excluding hydrogens is 310 g/mol. The number of carbonyl (C=O) groups is 2. The van der Waals surface area contributed by atoms with Gasteiger partial charge in [0.2, 0.25) is 0 Å². The molecule has 1 aromatic carbocycles. The maximum atomic E-state index is 12.1. The molecule has 0 unspecified atom stereocenters. The van der Waals surface area contributed by atoms with Crippen molar-refractivity contribution in [3.05, 3.63) is 34.9 Å². The van der Waals surface area contributed by atoms with Gasteiger partial charge in [-0.15, -0.1) is 0 Å². The molecule has 122 valence electrons. The molecule has 7 heteroatoms. The first-order chi connectivity index (χ1) is 10.4. The van der Waals surface area contributed by atoms with Gasteiger partial charge in [-0.25, -0.2) is 9.59 Å². The summed E-state index contributed by atoms with van der Waals surface area (Å²) in [4.78, 5) is 25.0. The van der Waals surface area contributed by atoms with Gasteiger partial charge in [0, 0.05) is 12.1 Å². The van der Waals surface area contributed by atoms with Gasteiger partial charge in [0.1, 0.15) is 6.10 Å². The van der Waals surface area contributed by atoms with Crippen molar-refractivity contribution in [2.45, 2.75) is 26.0 Å². The molecule has 0 heterocycles. The van der Waals surface area contributed by atoms with Crippen molar-refractivity contribution in [1.29, 1.82) is 0 Å². The molecular formula is C15H20ClNO5. The zero-order valence-corrected chi connectivity index (χ0v) is 13.5. The van der Waals surface area contributed by atoms with Crippen LogP contribution in [0.1, 0.15) is 25.5 Å². The van der Waals surface area contributed by atoms with Gasteiger partial charge in [0.25, 0.3) is 0 Å². The quantitative estimate of drug-likeness (QED) is 0.811. The minimum absolute atomic E-state index is 0.138. The fraction of sp³-hybridized carbons (Fsp3) is 0.467. The molecule has 6 nitrogen and oxygen atoms in total. The number of aliphatic hydroxyl groups is 1. The fourth-order valence-electron chi connectivity index (χ4n) is 1.91. The van der Waals surface area contributed by atoms with Crippen LogP contribution >= 0.6 is 11.6 Å². The smallest absolute Gasteiger partial charge is 0.410 e. The van der Waals surface area contributed by atoms with E-state index >= 15 is 0 Å². The zero-order valence-electron chi connectivity index (χ0n) is 12.8. The summed E-state index contributed by atoms with van der Waals surface area (Å²) in [7, 11) is 1.37. The number of aliphatic hydroxyl groups excluding tert-OH is 1. The highest BCUT2D eigenvalue weighted by Gasteiger charge is 2.36. The number of esters is 1. The Kier molecular flexibility index (Phi) is 7.14. The normalized spacial score (nSPS) is 13.1. The highest BCUT2D eigenvalue weighted by molar-refractivity contribution is 6.30. The number of nitrogens with zero attached hydrogens (tertiary/aromatic N) is 1. The Bertz CT molecular complexity index is 505. The van der Waals surface area contributed by atoms with Crippen molar-refractivity contribution in [2.24, 2.45) is 0 Å². The summed E-state index contributed by atoms with van der Waals surface area (Å²) in [6, 6.07) is 5.13. The van der Waals surface area contributed by atoms with Gasteiger partial charge in [-0.2, -0.15) is 0 Å². The van der Waals surface area contributed by atoms with Crippen LogP contribution in [-0.2, 0) is 14.3 Å². The molecule has 0 aliphatic carbocycles. The van der Waals surface area contributed by atoms with Crippen LogP contribution in [0.5, 0.6) is 0 Å². The van der Waals surface area contributed by atoms with Crippen molar-refractivity contribution < 1.29 is 24.2 Å². The van der Waals surface area contributed by atoms with Gasteiger partial charge in [-0.1, -0.05) is 23.7 Å². The van der Waals surface area contributed by atoms with E-state index < -0.39 is 24.2 Å². The molecule has 0 aliphatic heterocycles. The van der Waals surface area contributed by atoms with Crippen LogP contribution in [0.15, 0.2) is 24.3 Å². The Morgan fingerprint density at radius 1 is 1.18 bits per heavy atom. The number of halogens is 1. The Labute approximate surface area is 134 Å². The van der Waals surface area contributed by atoms with Gasteiger partial charge in [0.15, 0.2) is 6.04 Å². The summed E-state index contributed by atoms with van der Waals surface area (Å²) in [5, 5.41) is 11.0. The summed E-state index contributed by atoms with van der Waals surface area (Å²) < 4.78 is 9.81. The van der Waals surface area contributed by atoms with Crippen LogP contribution in [0, 0.1) is 0 Å². The minimum Gasteiger partial charge on any atom is -0.464 e. The Balaban J connectivity index is 3.05. The number of hydrogen-bond acceptors (Lipinski definition) is 5. The Hall–Kier alpha value is -1.79. The van der Waals surface area contributed by atoms with E-state index in [0.29, 0.717) is 10.6 Å². The molecule has 0 spiro atoms. The Morgan fingerprint density at radius 2 is 1.73 bits per heavy atom. The monoisotopic (exact) mass is 329 g/mol. The van der Waals surface area contributed by atoms with Crippen LogP contribution in [0.4, 0.5) is 4.79 Å². The molecule has 0 fully saturated rings. The molecule has 1 amide bonds. The average molecular weight is 330 g/mol. The van der Waals surface area contributed by atoms with Gasteiger partial charge in [-0.3, -0.25) is 4.90 Å². The van der Waals surface area contributed by atoms with Crippen LogP contribution in [-0.4, -0.2) is 48.4 Å². The third kappa shape index (κ3) is 4.61. The molecule has 0 aliphatic rings. The van der Waals surface area contributed by atoms with Crippen molar-refractivity contribution in [2.75, 3.05) is 20.3 Å². The lowest BCUT2D eigenvalue weighted by Crippen LogP contribution is -2.47. The predicted octanol–water partition coefficient (Wildman–Crippen LogP) is 2.39. The van der Waals surface area contributed by atoms with Crippen molar-refractivity contribution in [1.82, 2.24) is 4.90 Å². The van der Waals surface area contributed by atoms with E-state index in [-0.39, 0.29) is 13.2 Å². The summed E-state index contributed by atoms with van der Waals surface area (Å²) >= 11 is 5.80. The topological polar surface area (TPSA) is 76.1 Å². The number of rotatable bonds is 6. The van der Waals surface area contributed by atoms with E-state index in [1.807, 2.05) is 0 Å². The van der Waals surface area contributed by atoms with Crippen molar-refractivity contribution in [3.63, 3.8) is 0 Å². The van der Waals surface area contributed by atoms with E-state index in [2.05, 4.69) is 0 Å². The van der Waals surface area contributed by atoms with Gasteiger partial charge in [0.05, 0.1) is 13.2 Å². The molecule has 22 heavy (non-hydrogen) atoms. The Morgan fingerprint density at radius 3 is 2.23 bits per heavy atom. The second-order valence-electron chi connectivity index (χ2n) is 4.50. The number of likely N-dealkylation sites (N-methyl/N-ethyl adjacent to an activating group) is 1. The molecule has 0 saturated carbocycles. The molecule has 1 N–H and O–H groups in total. The van der Waals surface area contributed by atoms with Gasteiger partial charge in [-0.05, 0) is 31.5 Å². The van der Waals surface area contributed by atoms with Crippen molar-refractivity contribution in [3.8, 4) is 0 Å². The van der Waals surface area contributed by atoms with Crippen LogP contribution in [0.25, 0.3) is 0 Å². The number of benzene rings is 1. The third-order valence-electron chi connectivity index (χ3n) is 3.01. The second kappa shape index (κ2) is 8.60. The van der Waals surface area contributed by atoms with E-state index in [1.165, 1.54) is 7.05 Å². The molecule has 0 saturated heterocycles. The molecule has 1 aromatic rings. The van der Waals surface area contributed by atoms with Gasteiger partial charge >= 0.3 is 12.1 Å². The zero-order chi connectivity index (χ0) is 16.7. The highest BCUT2D eigenvalue weighted by Crippen LogP contribution is 2.23. The predicted molar refractivity (Wildman–Crippen MR) is 81.6 cm³/mol. The first-order valence-electron chi connectivity index (χ1n) is 6.92. The molecule has 0 bridgehead atoms. The summed E-state index contributed by atoms with van der Waals surface area (Å²) in [5.41, 5.74) is 0.443. The SMILES string of the molecule is CCOC(=O)[C@H]([C@H](O)c1ccc(Cl)cc1)N(C)C(=O)OCC. The van der Waals surface area contributed by atoms with E-state index in [0.717, 1.165) is 4.90 Å². The lowest BCUT2D eigenvalue weighted by atomic mass is 10.0. The lowest BCUT2D eigenvalue weighted by molar-refractivity contribution is -0.153. The molecule has 2 atom stereocenters. The second-order valence-corrected chi connectivity index (χ2v) is 4.94. The van der Waals surface area contributed by atoms with E-state index in [9.17, 15) is 14.7 Å². The number of carbonyl (C=O) groups excluding carboxylic acids is 2. The lowest BCUT2D eigenvalue weighted by Gasteiger charge is -2.29. The fourth-order valence-corrected chi connectivity index (χ4v) is 2.03. The third-order valence-corrected chi connectivity index (χ3v) is 3.26. The average Bonchev–Trinajstić information content (AvgIpc) is 2.48. The van der Waals surface area contributed by atoms with Crippen LogP contribution in [0.3, 0.4) is 0 Å². The van der Waals surface area contributed by atoms with Crippen LogP contribution in [0.2, 0.25) is 5.02 Å². The first kappa shape index (κ1) is 18.3. The maximum Gasteiger partial charge on any atom is 0.410 e. The standard InChI is InChI=1S/C15H20ClNO5/c1-4-21-14(19)12(17(3)15(20)22-5-2)13(18)10-6-8-11(16)9-7-10/h6-9,12-13,18H,4-5H2,1-3H3/t12-,13+/m0/s1. The minimum atomic E-state index is -1.26. The largest absolute Gasteiger partial charge is 0.464 e. The number of hydrogen-bond donors (Lipinski definition) is 1.